The van der Waals surface area contributed by atoms with Crippen LogP contribution in [0.4, 0.5) is 23.2 Å². The molecule has 0 radical (unpaired) electrons. The maximum atomic E-state index is 13.2. The van der Waals surface area contributed by atoms with Crippen molar-refractivity contribution in [2.24, 2.45) is 0 Å². The molecule has 0 atom stereocenters. The first-order chi connectivity index (χ1) is 8.49. The minimum Gasteiger partial charge on any atom is -0.373 e. The lowest BCUT2D eigenvalue weighted by Crippen LogP contribution is -2.09. The van der Waals surface area contributed by atoms with E-state index in [4.69, 9.17) is 0 Å². The van der Waals surface area contributed by atoms with Crippen LogP contribution in [0.5, 0.6) is 0 Å². The minimum absolute atomic E-state index is 0.0325. The van der Waals surface area contributed by atoms with E-state index in [1.165, 1.54) is 11.3 Å². The smallest absolute Gasteiger partial charge is 0.253 e. The fourth-order valence-electron chi connectivity index (χ4n) is 1.29. The predicted octanol–water partition coefficient (Wildman–Crippen LogP) is 3.02. The normalized spacial score (nSPS) is 10.7. The lowest BCUT2D eigenvalue weighted by atomic mass is 10.3. The Morgan fingerprint density at radius 3 is 2.22 bits per heavy atom. The molecule has 0 aliphatic heterocycles. The number of aryl methyl sites for hydroxylation is 1. The number of hydrogen-bond donors (Lipinski definition) is 1. The van der Waals surface area contributed by atoms with E-state index < -0.39 is 29.2 Å². The fraction of sp³-hybridized carbons (Fsp3) is 0.200. The van der Waals surface area contributed by atoms with Crippen LogP contribution in [0.2, 0.25) is 0 Å². The van der Waals surface area contributed by atoms with E-state index in [-0.39, 0.29) is 6.54 Å². The van der Waals surface area contributed by atoms with Crippen LogP contribution in [0.1, 0.15) is 10.7 Å². The Kier molecular flexibility index (Phi) is 3.46. The highest BCUT2D eigenvalue weighted by atomic mass is 32.1. The van der Waals surface area contributed by atoms with Gasteiger partial charge in [-0.1, -0.05) is 0 Å². The second kappa shape index (κ2) is 4.89. The molecule has 8 heteroatoms. The van der Waals surface area contributed by atoms with Crippen molar-refractivity contribution in [2.45, 2.75) is 13.5 Å². The molecule has 96 valence electrons. The molecule has 2 heterocycles. The maximum Gasteiger partial charge on any atom is 0.253 e. The first-order valence-corrected chi connectivity index (χ1v) is 5.72. The van der Waals surface area contributed by atoms with Crippen LogP contribution in [0, 0.1) is 30.5 Å². The third-order valence-electron chi connectivity index (χ3n) is 2.08. The van der Waals surface area contributed by atoms with Crippen LogP contribution in [-0.4, -0.2) is 9.97 Å². The van der Waals surface area contributed by atoms with Crippen LogP contribution in [0.25, 0.3) is 0 Å². The van der Waals surface area contributed by atoms with Gasteiger partial charge in [0.2, 0.25) is 11.6 Å². The second-order valence-corrected chi connectivity index (χ2v) is 4.38. The highest BCUT2D eigenvalue weighted by Gasteiger charge is 2.20. The third kappa shape index (κ3) is 2.42. The molecule has 0 amide bonds. The van der Waals surface area contributed by atoms with Gasteiger partial charge in [-0.2, -0.15) is 22.5 Å². The number of halogens is 4. The number of anilines is 1. The Morgan fingerprint density at radius 1 is 1.11 bits per heavy atom. The summed E-state index contributed by atoms with van der Waals surface area (Å²) >= 11 is 1.27. The van der Waals surface area contributed by atoms with E-state index in [1.807, 2.05) is 0 Å². The van der Waals surface area contributed by atoms with Gasteiger partial charge in [-0.3, -0.25) is 0 Å². The number of rotatable bonds is 3. The van der Waals surface area contributed by atoms with Crippen molar-refractivity contribution in [1.29, 1.82) is 0 Å². The average Bonchev–Trinajstić information content (AvgIpc) is 2.73. The molecule has 2 aromatic rings. The second-order valence-electron chi connectivity index (χ2n) is 3.43. The van der Waals surface area contributed by atoms with E-state index in [0.29, 0.717) is 5.01 Å². The predicted molar refractivity (Wildman–Crippen MR) is 58.2 cm³/mol. The van der Waals surface area contributed by atoms with E-state index >= 15 is 0 Å². The molecule has 1 N–H and O–H groups in total. The standard InChI is InChI=1S/C10H7F4N3S/c1-4-3-18-5(16-4)2-15-8-6(11)9(13)17-10(14)7(8)12/h3H,2H2,1H3,(H,15,17). The van der Waals surface area contributed by atoms with E-state index in [9.17, 15) is 17.6 Å². The third-order valence-corrected chi connectivity index (χ3v) is 3.05. The van der Waals surface area contributed by atoms with E-state index in [1.54, 1.807) is 12.3 Å². The molecule has 0 aliphatic rings. The number of thiazole rings is 1. The molecular weight excluding hydrogens is 270 g/mol. The summed E-state index contributed by atoms with van der Waals surface area (Å²) in [7, 11) is 0. The van der Waals surface area contributed by atoms with Crippen molar-refractivity contribution >= 4 is 17.0 Å². The van der Waals surface area contributed by atoms with Gasteiger partial charge in [0.05, 0.1) is 6.54 Å². The average molecular weight is 277 g/mol. The summed E-state index contributed by atoms with van der Waals surface area (Å²) in [5, 5.41) is 4.56. The van der Waals surface area contributed by atoms with Crippen LogP contribution >= 0.6 is 11.3 Å². The van der Waals surface area contributed by atoms with Gasteiger partial charge in [-0.15, -0.1) is 11.3 Å². The molecule has 0 spiro atoms. The SMILES string of the molecule is Cc1csc(CNc2c(F)c(F)nc(F)c2F)n1. The molecule has 0 saturated heterocycles. The number of hydrogen-bond acceptors (Lipinski definition) is 4. The first-order valence-electron chi connectivity index (χ1n) is 4.84. The Hall–Kier alpha value is -1.70. The van der Waals surface area contributed by atoms with Gasteiger partial charge in [0.15, 0.2) is 0 Å². The van der Waals surface area contributed by atoms with Crippen LogP contribution in [0.3, 0.4) is 0 Å². The monoisotopic (exact) mass is 277 g/mol. The van der Waals surface area contributed by atoms with Crippen LogP contribution < -0.4 is 5.32 Å². The highest BCUT2D eigenvalue weighted by Crippen LogP contribution is 2.23. The summed E-state index contributed by atoms with van der Waals surface area (Å²) in [6.45, 7) is 1.72. The van der Waals surface area contributed by atoms with Crippen molar-refractivity contribution in [3.8, 4) is 0 Å². The fourth-order valence-corrected chi connectivity index (χ4v) is 2.00. The molecule has 0 unspecified atom stereocenters. The van der Waals surface area contributed by atoms with Crippen molar-refractivity contribution in [3.05, 3.63) is 39.6 Å². The first kappa shape index (κ1) is 12.7. The summed E-state index contributed by atoms with van der Waals surface area (Å²) in [6.07, 6.45) is 0. The van der Waals surface area contributed by atoms with Gasteiger partial charge in [-0.25, -0.2) is 4.98 Å². The van der Waals surface area contributed by atoms with Crippen molar-refractivity contribution < 1.29 is 17.6 Å². The molecule has 18 heavy (non-hydrogen) atoms. The van der Waals surface area contributed by atoms with Crippen molar-refractivity contribution in [1.82, 2.24) is 9.97 Å². The number of pyridine rings is 1. The quantitative estimate of drug-likeness (QED) is 0.692. The van der Waals surface area contributed by atoms with Crippen LogP contribution in [-0.2, 0) is 6.54 Å². The Morgan fingerprint density at radius 2 is 1.72 bits per heavy atom. The maximum absolute atomic E-state index is 13.2. The van der Waals surface area contributed by atoms with Gasteiger partial charge in [0.1, 0.15) is 10.7 Å². The zero-order valence-electron chi connectivity index (χ0n) is 9.10. The number of nitrogens with one attached hydrogen (secondary N) is 1. The molecular formula is C10H7F4N3S. The van der Waals surface area contributed by atoms with Gasteiger partial charge in [0, 0.05) is 11.1 Å². The van der Waals surface area contributed by atoms with Crippen LogP contribution in [0.15, 0.2) is 5.38 Å². The Bertz CT molecular complexity index is 558. The summed E-state index contributed by atoms with van der Waals surface area (Å²) in [6, 6.07) is 0. The lowest BCUT2D eigenvalue weighted by Gasteiger charge is -2.07. The van der Waals surface area contributed by atoms with E-state index in [0.717, 1.165) is 5.69 Å². The summed E-state index contributed by atoms with van der Waals surface area (Å²) in [5.74, 6) is -6.48. The molecule has 2 aromatic heterocycles. The van der Waals surface area contributed by atoms with Gasteiger partial charge in [-0.05, 0) is 6.92 Å². The zero-order valence-corrected chi connectivity index (χ0v) is 9.92. The van der Waals surface area contributed by atoms with Gasteiger partial charge >= 0.3 is 0 Å². The van der Waals surface area contributed by atoms with Gasteiger partial charge < -0.3 is 5.32 Å². The molecule has 0 bridgehead atoms. The van der Waals surface area contributed by atoms with Crippen molar-refractivity contribution in [3.63, 3.8) is 0 Å². The highest BCUT2D eigenvalue weighted by molar-refractivity contribution is 7.09. The minimum atomic E-state index is -1.69. The molecule has 2 rings (SSSR count). The van der Waals surface area contributed by atoms with Crippen molar-refractivity contribution in [2.75, 3.05) is 5.32 Å². The molecule has 0 aromatic carbocycles. The lowest BCUT2D eigenvalue weighted by molar-refractivity contribution is 0.410. The molecule has 0 fully saturated rings. The Labute approximate surface area is 104 Å². The van der Waals surface area contributed by atoms with Gasteiger partial charge in [0.25, 0.3) is 11.9 Å². The zero-order chi connectivity index (χ0) is 13.3. The molecule has 0 aliphatic carbocycles. The topological polar surface area (TPSA) is 37.8 Å². The number of nitrogens with zero attached hydrogens (tertiary/aromatic N) is 2. The summed E-state index contributed by atoms with van der Waals surface area (Å²) in [5.41, 5.74) is -0.127. The number of aromatic nitrogens is 2. The summed E-state index contributed by atoms with van der Waals surface area (Å²) in [4.78, 5) is 6.49. The summed E-state index contributed by atoms with van der Waals surface area (Å²) < 4.78 is 52.1. The molecule has 0 saturated carbocycles. The Balaban J connectivity index is 2.24. The van der Waals surface area contributed by atoms with E-state index in [2.05, 4.69) is 15.3 Å². The largest absolute Gasteiger partial charge is 0.373 e. The molecule has 3 nitrogen and oxygen atoms in total.